The van der Waals surface area contributed by atoms with Gasteiger partial charge in [0.2, 0.25) is 5.91 Å². The number of nitrogens with zero attached hydrogens (tertiary/aromatic N) is 1. The molecule has 1 unspecified atom stereocenters. The van der Waals surface area contributed by atoms with Gasteiger partial charge in [-0.3, -0.25) is 9.79 Å². The van der Waals surface area contributed by atoms with Crippen molar-refractivity contribution in [1.82, 2.24) is 10.6 Å². The van der Waals surface area contributed by atoms with Crippen LogP contribution in [0.1, 0.15) is 24.0 Å². The first-order valence-corrected chi connectivity index (χ1v) is 8.48. The molecular weight excluding hydrogens is 451 g/mol. The molecule has 3 N–H and O–H groups in total. The van der Waals surface area contributed by atoms with E-state index in [1.807, 2.05) is 30.3 Å². The maximum Gasteiger partial charge on any atom is 0.243 e. The third kappa shape index (κ3) is 7.71. The molecule has 0 saturated carbocycles. The molecule has 0 aliphatic rings. The van der Waals surface area contributed by atoms with Gasteiger partial charge in [-0.25, -0.2) is 0 Å². The van der Waals surface area contributed by atoms with Crippen LogP contribution in [-0.2, 0) is 4.79 Å². The summed E-state index contributed by atoms with van der Waals surface area (Å²) < 4.78 is 0. The molecule has 0 aromatic heterocycles. The summed E-state index contributed by atoms with van der Waals surface area (Å²) >= 11 is 0. The number of halogens is 1. The van der Waals surface area contributed by atoms with Crippen molar-refractivity contribution in [2.24, 2.45) is 4.99 Å². The molecule has 0 spiro atoms. The molecule has 6 heteroatoms. The van der Waals surface area contributed by atoms with Gasteiger partial charge in [-0.2, -0.15) is 0 Å². The first-order chi connectivity index (χ1) is 12.6. The van der Waals surface area contributed by atoms with Crippen LogP contribution in [0.4, 0.5) is 5.69 Å². The van der Waals surface area contributed by atoms with Crippen LogP contribution in [0.2, 0.25) is 0 Å². The Kier molecular flexibility index (Phi) is 9.98. The molecule has 2 rings (SSSR count). The molecule has 0 radical (unpaired) electrons. The van der Waals surface area contributed by atoms with Gasteiger partial charge in [0.25, 0.3) is 0 Å². The zero-order valence-electron chi connectivity index (χ0n) is 15.5. The molecule has 1 atom stereocenters. The van der Waals surface area contributed by atoms with E-state index in [0.717, 1.165) is 12.1 Å². The second-order valence-electron chi connectivity index (χ2n) is 5.89. The molecule has 2 aromatic rings. The maximum atomic E-state index is 12.1. The highest BCUT2D eigenvalue weighted by Gasteiger charge is 2.08. The van der Waals surface area contributed by atoms with Crippen LogP contribution in [0.25, 0.3) is 0 Å². The van der Waals surface area contributed by atoms with Crippen molar-refractivity contribution < 1.29 is 4.79 Å². The van der Waals surface area contributed by atoms with Gasteiger partial charge in [-0.1, -0.05) is 49.2 Å². The number of aliphatic imine (C=N–C) groups is 1. The van der Waals surface area contributed by atoms with Gasteiger partial charge in [0.1, 0.15) is 0 Å². The largest absolute Gasteiger partial charge is 0.356 e. The number of guanidine groups is 1. The monoisotopic (exact) mass is 476 g/mol. The summed E-state index contributed by atoms with van der Waals surface area (Å²) in [5.74, 6) is 3.29. The molecule has 0 fully saturated rings. The summed E-state index contributed by atoms with van der Waals surface area (Å²) in [4.78, 5) is 16.2. The summed E-state index contributed by atoms with van der Waals surface area (Å²) in [6.45, 7) is 2.97. The molecule has 0 bridgehead atoms. The second-order valence-corrected chi connectivity index (χ2v) is 5.89. The highest BCUT2D eigenvalue weighted by Crippen LogP contribution is 2.13. The number of terminal acetylenes is 1. The Balaban J connectivity index is 0.00000364. The highest BCUT2D eigenvalue weighted by atomic mass is 127. The lowest BCUT2D eigenvalue weighted by atomic mass is 10.0. The van der Waals surface area contributed by atoms with E-state index in [2.05, 4.69) is 45.9 Å². The van der Waals surface area contributed by atoms with E-state index < -0.39 is 0 Å². The molecule has 2 aromatic carbocycles. The molecule has 142 valence electrons. The lowest BCUT2D eigenvalue weighted by Gasteiger charge is -2.16. The van der Waals surface area contributed by atoms with E-state index in [4.69, 9.17) is 6.42 Å². The number of hydrogen-bond acceptors (Lipinski definition) is 2. The number of amides is 1. The minimum Gasteiger partial charge on any atom is -0.356 e. The molecule has 0 aliphatic heterocycles. The fourth-order valence-corrected chi connectivity index (χ4v) is 2.43. The smallest absolute Gasteiger partial charge is 0.243 e. The van der Waals surface area contributed by atoms with Crippen molar-refractivity contribution in [3.63, 3.8) is 0 Å². The van der Waals surface area contributed by atoms with E-state index in [9.17, 15) is 4.79 Å². The summed E-state index contributed by atoms with van der Waals surface area (Å²) in [6.07, 6.45) is 5.37. The van der Waals surface area contributed by atoms with Crippen LogP contribution < -0.4 is 16.0 Å². The van der Waals surface area contributed by atoms with Crippen LogP contribution in [0, 0.1) is 12.3 Å². The first kappa shape index (κ1) is 22.5. The van der Waals surface area contributed by atoms with E-state index >= 15 is 0 Å². The van der Waals surface area contributed by atoms with E-state index in [0.29, 0.717) is 17.6 Å². The molecule has 0 aliphatic carbocycles. The van der Waals surface area contributed by atoms with Gasteiger partial charge in [-0.05, 0) is 29.7 Å². The fourth-order valence-electron chi connectivity index (χ4n) is 2.43. The predicted molar refractivity (Wildman–Crippen MR) is 123 cm³/mol. The Morgan fingerprint density at radius 1 is 1.15 bits per heavy atom. The normalized spacial score (nSPS) is 11.5. The van der Waals surface area contributed by atoms with Crippen molar-refractivity contribution in [3.8, 4) is 12.3 Å². The zero-order valence-corrected chi connectivity index (χ0v) is 17.9. The standard InChI is InChI=1S/C21H24N4O.HI/c1-4-17-9-8-12-19(13-17)25-20(26)15-24-21(22-3)23-14-16(2)18-10-6-5-7-11-18;/h1,5-13,16H,14-15H2,2-3H3,(H,25,26)(H2,22,23,24);1H. The van der Waals surface area contributed by atoms with E-state index in [1.165, 1.54) is 5.56 Å². The average molecular weight is 476 g/mol. The summed E-state index contributed by atoms with van der Waals surface area (Å²) in [7, 11) is 1.68. The van der Waals surface area contributed by atoms with Gasteiger partial charge < -0.3 is 16.0 Å². The summed E-state index contributed by atoms with van der Waals surface area (Å²) in [5.41, 5.74) is 2.65. The molecule has 5 nitrogen and oxygen atoms in total. The Labute approximate surface area is 178 Å². The topological polar surface area (TPSA) is 65.5 Å². The van der Waals surface area contributed by atoms with Gasteiger partial charge in [0, 0.05) is 24.8 Å². The van der Waals surface area contributed by atoms with E-state index in [-0.39, 0.29) is 36.4 Å². The van der Waals surface area contributed by atoms with Crippen LogP contribution in [0.15, 0.2) is 59.6 Å². The van der Waals surface area contributed by atoms with Crippen LogP contribution >= 0.6 is 24.0 Å². The van der Waals surface area contributed by atoms with Gasteiger partial charge >= 0.3 is 0 Å². The number of hydrogen-bond donors (Lipinski definition) is 3. The maximum absolute atomic E-state index is 12.1. The van der Waals surface area contributed by atoms with Crippen LogP contribution in [0.3, 0.4) is 0 Å². The van der Waals surface area contributed by atoms with Crippen molar-refractivity contribution in [2.75, 3.05) is 25.5 Å². The summed E-state index contributed by atoms with van der Waals surface area (Å²) in [5, 5.41) is 9.06. The van der Waals surface area contributed by atoms with Gasteiger partial charge in [-0.15, -0.1) is 30.4 Å². The third-order valence-corrected chi connectivity index (χ3v) is 3.90. The number of carbonyl (C=O) groups is 1. The SMILES string of the molecule is C#Cc1cccc(NC(=O)CNC(=NC)NCC(C)c2ccccc2)c1.I. The molecular formula is C21H25IN4O. The van der Waals surface area contributed by atoms with Crippen LogP contribution in [0.5, 0.6) is 0 Å². The lowest BCUT2D eigenvalue weighted by molar-refractivity contribution is -0.115. The van der Waals surface area contributed by atoms with Crippen molar-refractivity contribution in [2.45, 2.75) is 12.8 Å². The zero-order chi connectivity index (χ0) is 18.8. The Hall–Kier alpha value is -2.53. The molecule has 27 heavy (non-hydrogen) atoms. The average Bonchev–Trinajstić information content (AvgIpc) is 2.68. The number of carbonyl (C=O) groups excluding carboxylic acids is 1. The first-order valence-electron chi connectivity index (χ1n) is 8.48. The summed E-state index contributed by atoms with van der Waals surface area (Å²) in [6, 6.07) is 17.4. The third-order valence-electron chi connectivity index (χ3n) is 3.90. The second kappa shape index (κ2) is 12.0. The Morgan fingerprint density at radius 3 is 2.56 bits per heavy atom. The number of rotatable bonds is 6. The highest BCUT2D eigenvalue weighted by molar-refractivity contribution is 14.0. The van der Waals surface area contributed by atoms with Gasteiger partial charge in [0.15, 0.2) is 5.96 Å². The van der Waals surface area contributed by atoms with Gasteiger partial charge in [0.05, 0.1) is 6.54 Å². The molecule has 1 amide bonds. The molecule has 0 heterocycles. The number of nitrogens with one attached hydrogen (secondary N) is 3. The predicted octanol–water partition coefficient (Wildman–Crippen LogP) is 3.19. The van der Waals surface area contributed by atoms with Crippen molar-refractivity contribution in [3.05, 3.63) is 65.7 Å². The minimum absolute atomic E-state index is 0. The molecule has 0 saturated heterocycles. The Morgan fingerprint density at radius 2 is 1.89 bits per heavy atom. The fraction of sp³-hybridized carbons (Fsp3) is 0.238. The number of benzene rings is 2. The minimum atomic E-state index is -0.168. The lowest BCUT2D eigenvalue weighted by Crippen LogP contribution is -2.42. The quantitative estimate of drug-likeness (QED) is 0.260. The van der Waals surface area contributed by atoms with Crippen molar-refractivity contribution in [1.29, 1.82) is 0 Å². The van der Waals surface area contributed by atoms with Crippen LogP contribution in [-0.4, -0.2) is 32.0 Å². The van der Waals surface area contributed by atoms with E-state index in [1.54, 1.807) is 19.2 Å². The van der Waals surface area contributed by atoms with Crippen molar-refractivity contribution >= 4 is 41.5 Å². The number of anilines is 1. The Bertz CT molecular complexity index is 799.